The number of hydrogen-bond acceptors (Lipinski definition) is 5. The molecular formula is C21H24N2O5. The smallest absolute Gasteiger partial charge is 0.273 e. The van der Waals surface area contributed by atoms with Crippen molar-refractivity contribution in [2.45, 2.75) is 33.2 Å². The van der Waals surface area contributed by atoms with Gasteiger partial charge in [0.2, 0.25) is 0 Å². The number of ether oxygens (including phenoxy) is 2. The minimum atomic E-state index is -0.476. The molecule has 0 bridgehead atoms. The van der Waals surface area contributed by atoms with Crippen LogP contribution in [0.2, 0.25) is 0 Å². The summed E-state index contributed by atoms with van der Waals surface area (Å²) < 4.78 is 11.4. The van der Waals surface area contributed by atoms with E-state index < -0.39 is 4.92 Å². The van der Waals surface area contributed by atoms with E-state index in [1.54, 1.807) is 13.0 Å². The Morgan fingerprint density at radius 3 is 2.54 bits per heavy atom. The minimum absolute atomic E-state index is 0.0654. The molecule has 1 aliphatic heterocycles. The van der Waals surface area contributed by atoms with Gasteiger partial charge < -0.3 is 14.8 Å². The molecule has 2 aromatic carbocycles. The summed E-state index contributed by atoms with van der Waals surface area (Å²) in [6, 6.07) is 9.92. The fourth-order valence-corrected chi connectivity index (χ4v) is 3.29. The summed E-state index contributed by atoms with van der Waals surface area (Å²) in [5, 5.41) is 14.2. The van der Waals surface area contributed by atoms with Crippen molar-refractivity contribution in [3.8, 4) is 11.5 Å². The van der Waals surface area contributed by atoms with Crippen LogP contribution in [0.4, 0.5) is 5.69 Å². The van der Waals surface area contributed by atoms with Gasteiger partial charge in [0.25, 0.3) is 11.6 Å². The zero-order valence-corrected chi connectivity index (χ0v) is 16.2. The van der Waals surface area contributed by atoms with Crippen LogP contribution in [-0.2, 0) is 0 Å². The molecule has 0 aromatic heterocycles. The largest absolute Gasteiger partial charge is 0.490 e. The van der Waals surface area contributed by atoms with Gasteiger partial charge in [-0.25, -0.2) is 0 Å². The second-order valence-corrected chi connectivity index (χ2v) is 7.16. The average molecular weight is 384 g/mol. The highest BCUT2D eigenvalue weighted by molar-refractivity contribution is 5.96. The number of nitro benzene ring substituents is 1. The molecule has 1 unspecified atom stereocenters. The molecule has 148 valence electrons. The molecular weight excluding hydrogens is 360 g/mol. The Kier molecular flexibility index (Phi) is 5.82. The molecule has 0 fully saturated rings. The number of nitrogens with one attached hydrogen (secondary N) is 1. The first kappa shape index (κ1) is 19.7. The Hall–Kier alpha value is -3.09. The second-order valence-electron chi connectivity index (χ2n) is 7.16. The second kappa shape index (κ2) is 8.29. The van der Waals surface area contributed by atoms with Crippen molar-refractivity contribution >= 4 is 11.6 Å². The van der Waals surface area contributed by atoms with Crippen LogP contribution >= 0.6 is 0 Å². The first-order valence-electron chi connectivity index (χ1n) is 9.33. The SMILES string of the molecule is Cc1c(C(=O)NC(c2ccc3c(c2)OCCCO3)C(C)C)cccc1[N+](=O)[O-]. The van der Waals surface area contributed by atoms with Crippen LogP contribution in [0.25, 0.3) is 0 Å². The normalized spacial score (nSPS) is 14.3. The molecule has 1 heterocycles. The van der Waals surface area contributed by atoms with E-state index in [1.165, 1.54) is 12.1 Å². The topological polar surface area (TPSA) is 90.7 Å². The highest BCUT2D eigenvalue weighted by atomic mass is 16.6. The standard InChI is InChI=1S/C21H24N2O5/c1-13(2)20(15-8-9-18-19(12-15)28-11-5-10-27-18)22-21(24)16-6-4-7-17(14(16)3)23(25)26/h4,6-9,12-13,20H,5,10-11H2,1-3H3,(H,22,24). The zero-order valence-electron chi connectivity index (χ0n) is 16.2. The van der Waals surface area contributed by atoms with Crippen molar-refractivity contribution in [3.05, 3.63) is 63.2 Å². The van der Waals surface area contributed by atoms with Gasteiger partial charge in [0.1, 0.15) is 0 Å². The fraction of sp³-hybridized carbons (Fsp3) is 0.381. The maximum Gasteiger partial charge on any atom is 0.273 e. The molecule has 7 heteroatoms. The van der Waals surface area contributed by atoms with E-state index in [0.717, 1.165) is 12.0 Å². The van der Waals surface area contributed by atoms with Gasteiger partial charge >= 0.3 is 0 Å². The molecule has 0 radical (unpaired) electrons. The van der Waals surface area contributed by atoms with Crippen molar-refractivity contribution in [1.29, 1.82) is 0 Å². The minimum Gasteiger partial charge on any atom is -0.490 e. The number of nitro groups is 1. The fourth-order valence-electron chi connectivity index (χ4n) is 3.29. The van der Waals surface area contributed by atoms with Crippen molar-refractivity contribution in [2.75, 3.05) is 13.2 Å². The number of rotatable bonds is 5. The predicted molar refractivity (Wildman–Crippen MR) is 105 cm³/mol. The summed E-state index contributed by atoms with van der Waals surface area (Å²) >= 11 is 0. The summed E-state index contributed by atoms with van der Waals surface area (Å²) in [7, 11) is 0. The van der Waals surface area contributed by atoms with Crippen LogP contribution < -0.4 is 14.8 Å². The molecule has 1 atom stereocenters. The van der Waals surface area contributed by atoms with Gasteiger partial charge in [-0.3, -0.25) is 14.9 Å². The lowest BCUT2D eigenvalue weighted by atomic mass is 9.94. The Labute approximate surface area is 163 Å². The number of carbonyl (C=O) groups is 1. The molecule has 7 nitrogen and oxygen atoms in total. The predicted octanol–water partition coefficient (Wildman–Crippen LogP) is 4.19. The number of carbonyl (C=O) groups excluding carboxylic acids is 1. The molecule has 0 saturated carbocycles. The Bertz CT molecular complexity index is 894. The molecule has 1 aliphatic rings. The van der Waals surface area contributed by atoms with Crippen LogP contribution in [0.5, 0.6) is 11.5 Å². The number of nitrogens with zero attached hydrogens (tertiary/aromatic N) is 1. The molecule has 1 amide bonds. The van der Waals surface area contributed by atoms with E-state index in [9.17, 15) is 14.9 Å². The number of benzene rings is 2. The van der Waals surface area contributed by atoms with Gasteiger partial charge in [-0.05, 0) is 36.6 Å². The van der Waals surface area contributed by atoms with E-state index in [-0.39, 0.29) is 23.6 Å². The van der Waals surface area contributed by atoms with Gasteiger partial charge in [0.15, 0.2) is 11.5 Å². The maximum atomic E-state index is 12.9. The summed E-state index contributed by atoms with van der Waals surface area (Å²) in [5.74, 6) is 1.13. The van der Waals surface area contributed by atoms with E-state index in [0.29, 0.717) is 35.8 Å². The molecule has 2 aromatic rings. The van der Waals surface area contributed by atoms with Crippen molar-refractivity contribution in [2.24, 2.45) is 5.92 Å². The molecule has 0 aliphatic carbocycles. The van der Waals surface area contributed by atoms with Gasteiger partial charge in [-0.1, -0.05) is 26.0 Å². The lowest BCUT2D eigenvalue weighted by molar-refractivity contribution is -0.385. The third-order valence-corrected chi connectivity index (χ3v) is 4.83. The van der Waals surface area contributed by atoms with Crippen LogP contribution in [0.3, 0.4) is 0 Å². The van der Waals surface area contributed by atoms with Gasteiger partial charge in [0, 0.05) is 23.6 Å². The van der Waals surface area contributed by atoms with E-state index in [4.69, 9.17) is 9.47 Å². The lowest BCUT2D eigenvalue weighted by Crippen LogP contribution is -2.32. The van der Waals surface area contributed by atoms with Crippen molar-refractivity contribution in [3.63, 3.8) is 0 Å². The van der Waals surface area contributed by atoms with Crippen LogP contribution in [-0.4, -0.2) is 24.0 Å². The quantitative estimate of drug-likeness (QED) is 0.616. The van der Waals surface area contributed by atoms with Crippen LogP contribution in [0.15, 0.2) is 36.4 Å². The maximum absolute atomic E-state index is 12.9. The van der Waals surface area contributed by atoms with Gasteiger partial charge in [-0.2, -0.15) is 0 Å². The summed E-state index contributed by atoms with van der Waals surface area (Å²) in [6.07, 6.45) is 0.820. The van der Waals surface area contributed by atoms with E-state index >= 15 is 0 Å². The Balaban J connectivity index is 1.88. The van der Waals surface area contributed by atoms with Crippen LogP contribution in [0, 0.1) is 23.0 Å². The third kappa shape index (κ3) is 4.08. The number of amides is 1. The van der Waals surface area contributed by atoms with Gasteiger partial charge in [0.05, 0.1) is 24.2 Å². The average Bonchev–Trinajstić information content (AvgIpc) is 2.90. The first-order chi connectivity index (χ1) is 13.4. The van der Waals surface area contributed by atoms with Crippen molar-refractivity contribution < 1.29 is 19.2 Å². The molecule has 28 heavy (non-hydrogen) atoms. The zero-order chi connectivity index (χ0) is 20.3. The molecule has 0 spiro atoms. The molecule has 0 saturated heterocycles. The summed E-state index contributed by atoms with van der Waals surface area (Å²) in [4.78, 5) is 23.6. The number of fused-ring (bicyclic) bond motifs is 1. The summed E-state index contributed by atoms with van der Waals surface area (Å²) in [5.41, 5.74) is 1.49. The van der Waals surface area contributed by atoms with E-state index in [1.807, 2.05) is 32.0 Å². The van der Waals surface area contributed by atoms with Crippen molar-refractivity contribution in [1.82, 2.24) is 5.32 Å². The number of hydrogen-bond donors (Lipinski definition) is 1. The monoisotopic (exact) mass is 384 g/mol. The highest BCUT2D eigenvalue weighted by Crippen LogP contribution is 2.34. The lowest BCUT2D eigenvalue weighted by Gasteiger charge is -2.24. The van der Waals surface area contributed by atoms with Gasteiger partial charge in [-0.15, -0.1) is 0 Å². The third-order valence-electron chi connectivity index (χ3n) is 4.83. The molecule has 1 N–H and O–H groups in total. The Morgan fingerprint density at radius 2 is 1.86 bits per heavy atom. The Morgan fingerprint density at radius 1 is 1.14 bits per heavy atom. The highest BCUT2D eigenvalue weighted by Gasteiger charge is 2.24. The first-order valence-corrected chi connectivity index (χ1v) is 9.33. The molecule has 3 rings (SSSR count). The van der Waals surface area contributed by atoms with E-state index in [2.05, 4.69) is 5.32 Å². The van der Waals surface area contributed by atoms with Crippen LogP contribution in [0.1, 0.15) is 47.8 Å². The summed E-state index contributed by atoms with van der Waals surface area (Å²) in [6.45, 7) is 6.80.